The Morgan fingerprint density at radius 2 is 2.28 bits per heavy atom. The number of benzene rings is 1. The molecule has 0 heterocycles. The van der Waals surface area contributed by atoms with Crippen LogP contribution in [0.4, 0.5) is 4.39 Å². The van der Waals surface area contributed by atoms with E-state index in [1.54, 1.807) is 14.0 Å². The lowest BCUT2D eigenvalue weighted by molar-refractivity contribution is -0.133. The molecule has 1 aromatic rings. The van der Waals surface area contributed by atoms with Crippen molar-refractivity contribution in [3.8, 4) is 5.75 Å². The van der Waals surface area contributed by atoms with Crippen molar-refractivity contribution in [2.24, 2.45) is 0 Å². The maximum absolute atomic E-state index is 12.8. The van der Waals surface area contributed by atoms with Crippen LogP contribution in [0.3, 0.4) is 0 Å². The fraction of sp³-hybridized carbons (Fsp3) is 0.417. The Bertz CT molecular complexity index is 426. The van der Waals surface area contributed by atoms with Gasteiger partial charge in [0.05, 0.1) is 11.1 Å². The summed E-state index contributed by atoms with van der Waals surface area (Å²) in [5, 5.41) is 9.25. The molecule has 4 nitrogen and oxygen atoms in total. The van der Waals surface area contributed by atoms with Gasteiger partial charge in [-0.05, 0) is 25.1 Å². The van der Waals surface area contributed by atoms with Gasteiger partial charge in [0.15, 0.2) is 6.61 Å². The molecule has 0 bridgehead atoms. The SMILES string of the molecule is CC(O)CN(C)C(=O)COc1ccc(F)cc1Cl. The summed E-state index contributed by atoms with van der Waals surface area (Å²) in [6.07, 6.45) is -0.603. The van der Waals surface area contributed by atoms with Crippen LogP contribution in [-0.2, 0) is 4.79 Å². The summed E-state index contributed by atoms with van der Waals surface area (Å²) in [5.41, 5.74) is 0. The van der Waals surface area contributed by atoms with Crippen LogP contribution >= 0.6 is 11.6 Å². The van der Waals surface area contributed by atoms with Crippen LogP contribution in [0.25, 0.3) is 0 Å². The zero-order valence-corrected chi connectivity index (χ0v) is 10.9. The Kier molecular flexibility index (Phi) is 5.37. The number of ether oxygens (including phenoxy) is 1. The predicted octanol–water partition coefficient (Wildman–Crippen LogP) is 1.70. The summed E-state index contributed by atoms with van der Waals surface area (Å²) >= 11 is 5.75. The van der Waals surface area contributed by atoms with Crippen molar-refractivity contribution in [3.63, 3.8) is 0 Å². The molecule has 1 atom stereocenters. The molecule has 0 saturated carbocycles. The number of carbonyl (C=O) groups is 1. The molecule has 0 spiro atoms. The van der Waals surface area contributed by atoms with Crippen LogP contribution in [-0.4, -0.2) is 42.2 Å². The molecule has 1 amide bonds. The Labute approximate surface area is 110 Å². The van der Waals surface area contributed by atoms with E-state index in [0.717, 1.165) is 6.07 Å². The van der Waals surface area contributed by atoms with Crippen LogP contribution < -0.4 is 4.74 Å². The van der Waals surface area contributed by atoms with Gasteiger partial charge in [-0.15, -0.1) is 0 Å². The first kappa shape index (κ1) is 14.7. The lowest BCUT2D eigenvalue weighted by Crippen LogP contribution is -2.36. The van der Waals surface area contributed by atoms with E-state index < -0.39 is 11.9 Å². The van der Waals surface area contributed by atoms with E-state index in [1.807, 2.05) is 0 Å². The van der Waals surface area contributed by atoms with Crippen molar-refractivity contribution in [3.05, 3.63) is 29.0 Å². The molecule has 1 N–H and O–H groups in total. The third kappa shape index (κ3) is 4.50. The van der Waals surface area contributed by atoms with Gasteiger partial charge in [0.1, 0.15) is 11.6 Å². The van der Waals surface area contributed by atoms with Gasteiger partial charge in [-0.2, -0.15) is 0 Å². The normalized spacial score (nSPS) is 12.1. The molecule has 18 heavy (non-hydrogen) atoms. The van der Waals surface area contributed by atoms with Crippen LogP contribution in [0.5, 0.6) is 5.75 Å². The average Bonchev–Trinajstić information content (AvgIpc) is 2.26. The monoisotopic (exact) mass is 275 g/mol. The smallest absolute Gasteiger partial charge is 0.260 e. The van der Waals surface area contributed by atoms with Crippen molar-refractivity contribution < 1.29 is 19.0 Å². The molecule has 0 aliphatic carbocycles. The summed E-state index contributed by atoms with van der Waals surface area (Å²) in [6.45, 7) is 1.59. The van der Waals surface area contributed by atoms with Crippen molar-refractivity contribution >= 4 is 17.5 Å². The minimum absolute atomic E-state index is 0.112. The van der Waals surface area contributed by atoms with E-state index in [4.69, 9.17) is 21.4 Å². The van der Waals surface area contributed by atoms with Gasteiger partial charge in [0.25, 0.3) is 5.91 Å². The molecule has 1 unspecified atom stereocenters. The highest BCUT2D eigenvalue weighted by atomic mass is 35.5. The highest BCUT2D eigenvalue weighted by Crippen LogP contribution is 2.24. The lowest BCUT2D eigenvalue weighted by atomic mass is 10.3. The highest BCUT2D eigenvalue weighted by molar-refractivity contribution is 6.32. The Balaban J connectivity index is 2.52. The second-order valence-corrected chi connectivity index (χ2v) is 4.39. The number of likely N-dealkylation sites (N-methyl/N-ethyl adjacent to an activating group) is 1. The summed E-state index contributed by atoms with van der Waals surface area (Å²) in [6, 6.07) is 3.67. The van der Waals surface area contributed by atoms with Crippen LogP contribution in [0.2, 0.25) is 5.02 Å². The number of aliphatic hydroxyl groups excluding tert-OH is 1. The summed E-state index contributed by atoms with van der Waals surface area (Å²) in [4.78, 5) is 13.0. The molecular formula is C12H15ClFNO3. The molecule has 6 heteroatoms. The fourth-order valence-electron chi connectivity index (χ4n) is 1.34. The average molecular weight is 276 g/mol. The molecule has 1 aromatic carbocycles. The largest absolute Gasteiger partial charge is 0.482 e. The van der Waals surface area contributed by atoms with E-state index in [1.165, 1.54) is 17.0 Å². The van der Waals surface area contributed by atoms with E-state index >= 15 is 0 Å². The summed E-state index contributed by atoms with van der Waals surface area (Å²) in [5.74, 6) is -0.516. The quantitative estimate of drug-likeness (QED) is 0.890. The summed E-state index contributed by atoms with van der Waals surface area (Å²) in [7, 11) is 1.56. The molecule has 0 radical (unpaired) electrons. The topological polar surface area (TPSA) is 49.8 Å². The minimum Gasteiger partial charge on any atom is -0.482 e. The minimum atomic E-state index is -0.603. The summed E-state index contributed by atoms with van der Waals surface area (Å²) < 4.78 is 18.0. The molecular weight excluding hydrogens is 261 g/mol. The first-order chi connectivity index (χ1) is 8.40. The highest BCUT2D eigenvalue weighted by Gasteiger charge is 2.12. The third-order valence-electron chi connectivity index (χ3n) is 2.21. The number of aliphatic hydroxyl groups is 1. The molecule has 0 aliphatic heterocycles. The van der Waals surface area contributed by atoms with Crippen LogP contribution in [0.1, 0.15) is 6.92 Å². The number of nitrogens with zero attached hydrogens (tertiary/aromatic N) is 1. The van der Waals surface area contributed by atoms with Gasteiger partial charge in [0.2, 0.25) is 0 Å². The van der Waals surface area contributed by atoms with Crippen LogP contribution in [0, 0.1) is 5.82 Å². The molecule has 0 aliphatic rings. The van der Waals surface area contributed by atoms with Crippen molar-refractivity contribution in [2.75, 3.05) is 20.2 Å². The van der Waals surface area contributed by atoms with Crippen LogP contribution in [0.15, 0.2) is 18.2 Å². The standard InChI is InChI=1S/C12H15ClFNO3/c1-8(16)6-15(2)12(17)7-18-11-4-3-9(14)5-10(11)13/h3-5,8,16H,6-7H2,1-2H3. The van der Waals surface area contributed by atoms with E-state index in [-0.39, 0.29) is 29.8 Å². The van der Waals surface area contributed by atoms with Gasteiger partial charge in [-0.3, -0.25) is 4.79 Å². The number of amides is 1. The van der Waals surface area contributed by atoms with Crippen molar-refractivity contribution in [1.82, 2.24) is 4.90 Å². The number of halogens is 2. The zero-order chi connectivity index (χ0) is 13.7. The molecule has 1 rings (SSSR count). The first-order valence-electron chi connectivity index (χ1n) is 5.40. The number of rotatable bonds is 5. The molecule has 100 valence electrons. The van der Waals surface area contributed by atoms with Gasteiger partial charge >= 0.3 is 0 Å². The third-order valence-corrected chi connectivity index (χ3v) is 2.50. The number of carbonyl (C=O) groups excluding carboxylic acids is 1. The Hall–Kier alpha value is -1.33. The number of hydrogen-bond donors (Lipinski definition) is 1. The maximum atomic E-state index is 12.8. The lowest BCUT2D eigenvalue weighted by Gasteiger charge is -2.19. The zero-order valence-electron chi connectivity index (χ0n) is 10.2. The Morgan fingerprint density at radius 1 is 1.61 bits per heavy atom. The first-order valence-corrected chi connectivity index (χ1v) is 5.78. The predicted molar refractivity (Wildman–Crippen MR) is 66.2 cm³/mol. The van der Waals surface area contributed by atoms with Crippen molar-refractivity contribution in [1.29, 1.82) is 0 Å². The van der Waals surface area contributed by atoms with E-state index in [2.05, 4.69) is 0 Å². The fourth-order valence-corrected chi connectivity index (χ4v) is 1.56. The molecule has 0 fully saturated rings. The second kappa shape index (κ2) is 6.56. The maximum Gasteiger partial charge on any atom is 0.260 e. The van der Waals surface area contributed by atoms with Gasteiger partial charge in [-0.25, -0.2) is 4.39 Å². The van der Waals surface area contributed by atoms with Gasteiger partial charge in [-0.1, -0.05) is 11.6 Å². The second-order valence-electron chi connectivity index (χ2n) is 3.99. The van der Waals surface area contributed by atoms with Crippen molar-refractivity contribution in [2.45, 2.75) is 13.0 Å². The van der Waals surface area contributed by atoms with E-state index in [9.17, 15) is 9.18 Å². The molecule has 0 saturated heterocycles. The van der Waals surface area contributed by atoms with Gasteiger partial charge in [0, 0.05) is 13.6 Å². The number of hydrogen-bond acceptors (Lipinski definition) is 3. The van der Waals surface area contributed by atoms with E-state index in [0.29, 0.717) is 0 Å². The Morgan fingerprint density at radius 3 is 2.83 bits per heavy atom. The van der Waals surface area contributed by atoms with Gasteiger partial charge < -0.3 is 14.7 Å². The molecule has 0 aromatic heterocycles.